The zero-order valence-corrected chi connectivity index (χ0v) is 12.1. The van der Waals surface area contributed by atoms with E-state index in [1.54, 1.807) is 25.1 Å². The molecule has 1 N–H and O–H groups in total. The van der Waals surface area contributed by atoms with Gasteiger partial charge in [0.2, 0.25) is 0 Å². The molecule has 2 aromatic carbocycles. The third-order valence-corrected chi connectivity index (χ3v) is 3.40. The molecule has 0 aliphatic heterocycles. The van der Waals surface area contributed by atoms with Gasteiger partial charge in [0.05, 0.1) is 22.4 Å². The Balaban J connectivity index is 2.29. The fraction of sp³-hybridized carbons (Fsp3) is 0.176. The van der Waals surface area contributed by atoms with E-state index in [0.717, 1.165) is 12.1 Å². The first-order valence-electron chi connectivity index (χ1n) is 6.73. The van der Waals surface area contributed by atoms with Gasteiger partial charge in [-0.3, -0.25) is 0 Å². The van der Waals surface area contributed by atoms with E-state index in [0.29, 0.717) is 22.4 Å². The average Bonchev–Trinajstić information content (AvgIpc) is 2.54. The van der Waals surface area contributed by atoms with Crippen LogP contribution >= 0.6 is 0 Å². The van der Waals surface area contributed by atoms with Crippen molar-refractivity contribution in [1.82, 2.24) is 0 Å². The highest BCUT2D eigenvalue weighted by atomic mass is 19.4. The van der Waals surface area contributed by atoms with Crippen LogP contribution in [0.5, 0.6) is 0 Å². The largest absolute Gasteiger partial charge is 0.416 e. The molecular weight excluding hydrogens is 303 g/mol. The number of para-hydroxylation sites is 1. The lowest BCUT2D eigenvalue weighted by atomic mass is 10.0. The summed E-state index contributed by atoms with van der Waals surface area (Å²) >= 11 is 0. The van der Waals surface area contributed by atoms with Crippen LogP contribution in [0.15, 0.2) is 42.5 Å². The molecule has 6 heteroatoms. The van der Waals surface area contributed by atoms with Crippen LogP contribution in [0, 0.1) is 22.7 Å². The molecule has 0 radical (unpaired) electrons. The molecule has 23 heavy (non-hydrogen) atoms. The van der Waals surface area contributed by atoms with Crippen molar-refractivity contribution in [2.75, 3.05) is 5.32 Å². The molecule has 2 rings (SSSR count). The molecule has 0 aliphatic carbocycles. The molecule has 3 nitrogen and oxygen atoms in total. The first-order valence-corrected chi connectivity index (χ1v) is 6.73. The summed E-state index contributed by atoms with van der Waals surface area (Å²) < 4.78 is 37.7. The third kappa shape index (κ3) is 3.61. The average molecular weight is 315 g/mol. The summed E-state index contributed by atoms with van der Waals surface area (Å²) in [5.41, 5.74) is 0.897. The third-order valence-electron chi connectivity index (χ3n) is 3.40. The van der Waals surface area contributed by atoms with Crippen LogP contribution in [-0.2, 0) is 6.18 Å². The Kier molecular flexibility index (Phi) is 4.57. The Hall–Kier alpha value is -2.99. The van der Waals surface area contributed by atoms with E-state index in [4.69, 9.17) is 10.5 Å². The van der Waals surface area contributed by atoms with Crippen LogP contribution < -0.4 is 5.32 Å². The topological polar surface area (TPSA) is 59.6 Å². The minimum absolute atomic E-state index is 0.308. The lowest BCUT2D eigenvalue weighted by Crippen LogP contribution is -2.10. The lowest BCUT2D eigenvalue weighted by molar-refractivity contribution is -0.137. The van der Waals surface area contributed by atoms with Crippen molar-refractivity contribution >= 4 is 5.69 Å². The number of hydrogen-bond acceptors (Lipinski definition) is 3. The molecule has 1 atom stereocenters. The summed E-state index contributed by atoms with van der Waals surface area (Å²) in [5.74, 6) is 0. The van der Waals surface area contributed by atoms with Crippen molar-refractivity contribution in [3.8, 4) is 12.1 Å². The number of nitrogens with one attached hydrogen (secondary N) is 1. The zero-order valence-electron chi connectivity index (χ0n) is 12.1. The molecule has 0 heterocycles. The molecule has 0 spiro atoms. The van der Waals surface area contributed by atoms with Crippen LogP contribution in [0.2, 0.25) is 0 Å². The fourth-order valence-corrected chi connectivity index (χ4v) is 2.15. The SMILES string of the molecule is CC(Nc1c(C#N)cccc1C#N)c1ccc(C(F)(F)F)cc1. The van der Waals surface area contributed by atoms with E-state index in [-0.39, 0.29) is 6.04 Å². The molecule has 0 fully saturated rings. The van der Waals surface area contributed by atoms with Crippen molar-refractivity contribution in [2.45, 2.75) is 19.1 Å². The minimum atomic E-state index is -4.38. The predicted molar refractivity (Wildman–Crippen MR) is 79.4 cm³/mol. The van der Waals surface area contributed by atoms with Crippen molar-refractivity contribution in [1.29, 1.82) is 10.5 Å². The lowest BCUT2D eigenvalue weighted by Gasteiger charge is -2.18. The van der Waals surface area contributed by atoms with Gasteiger partial charge in [0.15, 0.2) is 0 Å². The molecule has 0 bridgehead atoms. The molecule has 0 amide bonds. The number of benzene rings is 2. The second kappa shape index (κ2) is 6.41. The van der Waals surface area contributed by atoms with E-state index in [9.17, 15) is 13.2 Å². The van der Waals surface area contributed by atoms with Crippen LogP contribution in [0.3, 0.4) is 0 Å². The van der Waals surface area contributed by atoms with Crippen LogP contribution in [0.1, 0.15) is 35.2 Å². The van der Waals surface area contributed by atoms with Gasteiger partial charge < -0.3 is 5.32 Å². The van der Waals surface area contributed by atoms with Crippen LogP contribution in [0.4, 0.5) is 18.9 Å². The number of alkyl halides is 3. The van der Waals surface area contributed by atoms with Crippen LogP contribution in [-0.4, -0.2) is 0 Å². The molecule has 1 unspecified atom stereocenters. The van der Waals surface area contributed by atoms with E-state index >= 15 is 0 Å². The van der Waals surface area contributed by atoms with Gasteiger partial charge in [0, 0.05) is 6.04 Å². The summed E-state index contributed by atoms with van der Waals surface area (Å²) in [7, 11) is 0. The van der Waals surface area contributed by atoms with Crippen molar-refractivity contribution < 1.29 is 13.2 Å². The number of hydrogen-bond donors (Lipinski definition) is 1. The van der Waals surface area contributed by atoms with Gasteiger partial charge in [-0.25, -0.2) is 0 Å². The van der Waals surface area contributed by atoms with Gasteiger partial charge in [-0.2, -0.15) is 23.7 Å². The van der Waals surface area contributed by atoms with Crippen molar-refractivity contribution in [2.24, 2.45) is 0 Å². The van der Waals surface area contributed by atoms with Crippen LogP contribution in [0.25, 0.3) is 0 Å². The van der Waals surface area contributed by atoms with E-state index in [1.165, 1.54) is 12.1 Å². The standard InChI is InChI=1S/C17H12F3N3/c1-11(12-5-7-15(8-6-12)17(18,19)20)23-16-13(9-21)3-2-4-14(16)10-22/h2-8,11,23H,1H3. The number of nitrogens with zero attached hydrogens (tertiary/aromatic N) is 2. The number of halogens is 3. The Morgan fingerprint density at radius 2 is 1.48 bits per heavy atom. The normalized spacial score (nSPS) is 12.1. The maximum atomic E-state index is 12.6. The van der Waals surface area contributed by atoms with Crippen molar-refractivity contribution in [3.05, 3.63) is 64.7 Å². The van der Waals surface area contributed by atoms with Gasteiger partial charge in [0.25, 0.3) is 0 Å². The second-order valence-corrected chi connectivity index (χ2v) is 4.94. The maximum absolute atomic E-state index is 12.6. The Bertz CT molecular complexity index is 748. The van der Waals surface area contributed by atoms with Gasteiger partial charge in [-0.05, 0) is 36.8 Å². The molecule has 0 saturated heterocycles. The molecule has 0 aromatic heterocycles. The highest BCUT2D eigenvalue weighted by molar-refractivity contribution is 5.67. The molecular formula is C17H12F3N3. The minimum Gasteiger partial charge on any atom is -0.376 e. The van der Waals surface area contributed by atoms with E-state index < -0.39 is 11.7 Å². The number of nitriles is 2. The summed E-state index contributed by atoms with van der Waals surface area (Å²) in [6.45, 7) is 1.75. The Morgan fingerprint density at radius 3 is 1.91 bits per heavy atom. The molecule has 2 aromatic rings. The number of anilines is 1. The first-order chi connectivity index (χ1) is 10.9. The van der Waals surface area contributed by atoms with Gasteiger partial charge in [0.1, 0.15) is 12.1 Å². The first kappa shape index (κ1) is 16.4. The monoisotopic (exact) mass is 315 g/mol. The smallest absolute Gasteiger partial charge is 0.376 e. The second-order valence-electron chi connectivity index (χ2n) is 4.94. The zero-order chi connectivity index (χ0) is 17.0. The Labute approximate surface area is 131 Å². The van der Waals surface area contributed by atoms with E-state index in [1.807, 2.05) is 12.1 Å². The van der Waals surface area contributed by atoms with Gasteiger partial charge >= 0.3 is 6.18 Å². The highest BCUT2D eigenvalue weighted by Gasteiger charge is 2.30. The molecule has 0 saturated carbocycles. The predicted octanol–water partition coefficient (Wildman–Crippen LogP) is 4.62. The van der Waals surface area contributed by atoms with Crippen molar-refractivity contribution in [3.63, 3.8) is 0 Å². The summed E-state index contributed by atoms with van der Waals surface area (Å²) in [5, 5.41) is 21.3. The summed E-state index contributed by atoms with van der Waals surface area (Å²) in [4.78, 5) is 0. The molecule has 116 valence electrons. The van der Waals surface area contributed by atoms with Gasteiger partial charge in [-0.1, -0.05) is 18.2 Å². The maximum Gasteiger partial charge on any atom is 0.416 e. The number of rotatable bonds is 3. The molecule has 0 aliphatic rings. The van der Waals surface area contributed by atoms with Gasteiger partial charge in [-0.15, -0.1) is 0 Å². The van der Waals surface area contributed by atoms with E-state index in [2.05, 4.69) is 5.32 Å². The Morgan fingerprint density at radius 1 is 0.957 bits per heavy atom. The quantitative estimate of drug-likeness (QED) is 0.899. The highest BCUT2D eigenvalue weighted by Crippen LogP contribution is 2.31. The summed E-state index contributed by atoms with van der Waals surface area (Å²) in [6, 6.07) is 13.1. The summed E-state index contributed by atoms with van der Waals surface area (Å²) in [6.07, 6.45) is -4.38. The fourth-order valence-electron chi connectivity index (χ4n) is 2.15.